The lowest BCUT2D eigenvalue weighted by atomic mass is 10.1. The van der Waals surface area contributed by atoms with Gasteiger partial charge in [0.1, 0.15) is 6.10 Å². The number of halogens is 1. The van der Waals surface area contributed by atoms with Crippen LogP contribution in [0.4, 0.5) is 4.79 Å². The zero-order valence-electron chi connectivity index (χ0n) is 7.20. The summed E-state index contributed by atoms with van der Waals surface area (Å²) in [5.74, 6) is 0. The standard InChI is InChI=1S/C8H11ClN2O2/c9-8(12)13-7-1-4-11(5-2-7)6-3-10/h7H,1-2,4-6H2. The summed E-state index contributed by atoms with van der Waals surface area (Å²) in [7, 11) is 0. The quantitative estimate of drug-likeness (QED) is 0.501. The predicted molar refractivity (Wildman–Crippen MR) is 47.4 cm³/mol. The van der Waals surface area contributed by atoms with Crippen LogP contribution in [0.2, 0.25) is 0 Å². The van der Waals surface area contributed by atoms with Gasteiger partial charge in [0, 0.05) is 24.7 Å². The maximum atomic E-state index is 10.4. The molecule has 0 N–H and O–H groups in total. The van der Waals surface area contributed by atoms with E-state index < -0.39 is 5.43 Å². The van der Waals surface area contributed by atoms with Gasteiger partial charge in [-0.05, 0) is 12.8 Å². The summed E-state index contributed by atoms with van der Waals surface area (Å²) in [6.45, 7) is 2.03. The fourth-order valence-corrected chi connectivity index (χ4v) is 1.54. The predicted octanol–water partition coefficient (Wildman–Crippen LogP) is 1.35. The van der Waals surface area contributed by atoms with Crippen LogP contribution in [0.1, 0.15) is 12.8 Å². The lowest BCUT2D eigenvalue weighted by Gasteiger charge is -2.29. The molecule has 0 radical (unpaired) electrons. The van der Waals surface area contributed by atoms with Gasteiger partial charge in [0.25, 0.3) is 0 Å². The van der Waals surface area contributed by atoms with E-state index in [1.54, 1.807) is 0 Å². The molecule has 0 bridgehead atoms. The molecule has 1 aliphatic heterocycles. The Labute approximate surface area is 82.0 Å². The van der Waals surface area contributed by atoms with Gasteiger partial charge in [0.05, 0.1) is 12.6 Å². The van der Waals surface area contributed by atoms with Crippen LogP contribution < -0.4 is 0 Å². The Morgan fingerprint density at radius 3 is 2.69 bits per heavy atom. The topological polar surface area (TPSA) is 53.3 Å². The van der Waals surface area contributed by atoms with E-state index in [0.717, 1.165) is 25.9 Å². The Morgan fingerprint density at radius 1 is 1.62 bits per heavy atom. The third kappa shape index (κ3) is 3.62. The summed E-state index contributed by atoms with van der Waals surface area (Å²) >= 11 is 5.08. The molecule has 0 atom stereocenters. The van der Waals surface area contributed by atoms with Crippen molar-refractivity contribution in [2.24, 2.45) is 0 Å². The summed E-state index contributed by atoms with van der Waals surface area (Å²) in [4.78, 5) is 12.4. The maximum Gasteiger partial charge on any atom is 0.404 e. The zero-order chi connectivity index (χ0) is 9.68. The molecule has 1 aliphatic rings. The van der Waals surface area contributed by atoms with Crippen molar-refractivity contribution in [2.45, 2.75) is 18.9 Å². The van der Waals surface area contributed by atoms with Crippen molar-refractivity contribution in [2.75, 3.05) is 19.6 Å². The van der Waals surface area contributed by atoms with Crippen molar-refractivity contribution >= 4 is 17.0 Å². The molecule has 0 amide bonds. The van der Waals surface area contributed by atoms with Crippen LogP contribution in [-0.4, -0.2) is 36.1 Å². The summed E-state index contributed by atoms with van der Waals surface area (Å²) < 4.78 is 4.83. The highest BCUT2D eigenvalue weighted by Gasteiger charge is 2.20. The van der Waals surface area contributed by atoms with Crippen LogP contribution in [0.3, 0.4) is 0 Å². The van der Waals surface area contributed by atoms with E-state index in [1.807, 2.05) is 4.90 Å². The van der Waals surface area contributed by atoms with Crippen LogP contribution >= 0.6 is 11.6 Å². The fraction of sp³-hybridized carbons (Fsp3) is 0.750. The van der Waals surface area contributed by atoms with Crippen molar-refractivity contribution in [1.29, 1.82) is 5.26 Å². The molecule has 72 valence electrons. The Hall–Kier alpha value is -0.790. The van der Waals surface area contributed by atoms with Crippen LogP contribution in [0.15, 0.2) is 0 Å². The Balaban J connectivity index is 2.23. The van der Waals surface area contributed by atoms with Gasteiger partial charge in [-0.1, -0.05) is 0 Å². The third-order valence-electron chi connectivity index (χ3n) is 2.09. The number of carbonyl (C=O) groups excluding carboxylic acids is 1. The summed E-state index contributed by atoms with van der Waals surface area (Å²) in [6.07, 6.45) is 1.46. The van der Waals surface area contributed by atoms with Crippen molar-refractivity contribution in [3.63, 3.8) is 0 Å². The van der Waals surface area contributed by atoms with Crippen LogP contribution in [-0.2, 0) is 4.74 Å². The van der Waals surface area contributed by atoms with Gasteiger partial charge in [-0.15, -0.1) is 0 Å². The van der Waals surface area contributed by atoms with E-state index in [9.17, 15) is 4.79 Å². The molecule has 0 saturated carbocycles. The van der Waals surface area contributed by atoms with Crippen LogP contribution in [0.5, 0.6) is 0 Å². The molecule has 1 saturated heterocycles. The van der Waals surface area contributed by atoms with Gasteiger partial charge in [-0.25, -0.2) is 4.79 Å². The second-order valence-corrected chi connectivity index (χ2v) is 3.30. The van der Waals surface area contributed by atoms with Gasteiger partial charge in [0.2, 0.25) is 0 Å². The van der Waals surface area contributed by atoms with Crippen molar-refractivity contribution < 1.29 is 9.53 Å². The zero-order valence-corrected chi connectivity index (χ0v) is 7.96. The minimum absolute atomic E-state index is 0.0695. The summed E-state index contributed by atoms with van der Waals surface area (Å²) in [5.41, 5.74) is -0.737. The molecular formula is C8H11ClN2O2. The average molecular weight is 203 g/mol. The number of piperidine rings is 1. The minimum Gasteiger partial charge on any atom is -0.450 e. The molecular weight excluding hydrogens is 192 g/mol. The first-order valence-electron chi connectivity index (χ1n) is 4.18. The molecule has 0 unspecified atom stereocenters. The number of rotatable bonds is 2. The highest BCUT2D eigenvalue weighted by atomic mass is 35.5. The van der Waals surface area contributed by atoms with Crippen molar-refractivity contribution in [3.05, 3.63) is 0 Å². The minimum atomic E-state index is -0.737. The molecule has 4 nitrogen and oxygen atoms in total. The number of hydrogen-bond donors (Lipinski definition) is 0. The van der Waals surface area contributed by atoms with Crippen LogP contribution in [0.25, 0.3) is 0 Å². The first kappa shape index (κ1) is 10.3. The molecule has 5 heteroatoms. The van der Waals surface area contributed by atoms with E-state index in [1.165, 1.54) is 0 Å². The molecule has 1 fully saturated rings. The SMILES string of the molecule is N#CCN1CCC(OC(=O)Cl)CC1. The number of likely N-dealkylation sites (tertiary alicyclic amines) is 1. The maximum absolute atomic E-state index is 10.4. The smallest absolute Gasteiger partial charge is 0.404 e. The molecule has 0 aromatic rings. The second kappa shape index (κ2) is 5.05. The van der Waals surface area contributed by atoms with Gasteiger partial charge in [-0.3, -0.25) is 4.90 Å². The number of ether oxygens (including phenoxy) is 1. The number of nitrogens with zero attached hydrogens (tertiary/aromatic N) is 2. The Kier molecular flexibility index (Phi) is 4.00. The molecule has 1 rings (SSSR count). The molecule has 0 aromatic carbocycles. The first-order chi connectivity index (χ1) is 6.22. The van der Waals surface area contributed by atoms with Gasteiger partial charge in [0.15, 0.2) is 0 Å². The van der Waals surface area contributed by atoms with E-state index in [0.29, 0.717) is 6.54 Å². The van der Waals surface area contributed by atoms with Gasteiger partial charge >= 0.3 is 5.43 Å². The molecule has 0 spiro atoms. The van der Waals surface area contributed by atoms with Crippen LogP contribution in [0, 0.1) is 11.3 Å². The van der Waals surface area contributed by atoms with E-state index in [2.05, 4.69) is 6.07 Å². The fourth-order valence-electron chi connectivity index (χ4n) is 1.42. The molecule has 1 heterocycles. The monoisotopic (exact) mass is 202 g/mol. The third-order valence-corrected chi connectivity index (χ3v) is 2.18. The highest BCUT2D eigenvalue weighted by Crippen LogP contribution is 2.14. The van der Waals surface area contributed by atoms with E-state index in [4.69, 9.17) is 21.6 Å². The summed E-state index contributed by atoms with van der Waals surface area (Å²) in [6, 6.07) is 2.09. The first-order valence-corrected chi connectivity index (χ1v) is 4.55. The largest absolute Gasteiger partial charge is 0.450 e. The van der Waals surface area contributed by atoms with Crippen molar-refractivity contribution in [1.82, 2.24) is 4.90 Å². The molecule has 0 aliphatic carbocycles. The summed E-state index contributed by atoms with van der Waals surface area (Å²) in [5, 5.41) is 8.43. The van der Waals surface area contributed by atoms with Gasteiger partial charge < -0.3 is 4.74 Å². The Morgan fingerprint density at radius 2 is 2.23 bits per heavy atom. The van der Waals surface area contributed by atoms with Crippen molar-refractivity contribution in [3.8, 4) is 6.07 Å². The number of nitriles is 1. The Bertz CT molecular complexity index is 219. The second-order valence-electron chi connectivity index (χ2n) is 2.99. The molecule has 13 heavy (non-hydrogen) atoms. The molecule has 0 aromatic heterocycles. The average Bonchev–Trinajstić information content (AvgIpc) is 2.08. The van der Waals surface area contributed by atoms with E-state index in [-0.39, 0.29) is 6.10 Å². The number of carbonyl (C=O) groups is 1. The lowest BCUT2D eigenvalue weighted by molar-refractivity contribution is 0.0696. The number of hydrogen-bond acceptors (Lipinski definition) is 4. The van der Waals surface area contributed by atoms with Gasteiger partial charge in [-0.2, -0.15) is 5.26 Å². The normalized spacial score (nSPS) is 19.4. The highest BCUT2D eigenvalue weighted by molar-refractivity contribution is 6.61. The lowest BCUT2D eigenvalue weighted by Crippen LogP contribution is -2.37. The van der Waals surface area contributed by atoms with E-state index >= 15 is 0 Å².